The van der Waals surface area contributed by atoms with Crippen molar-refractivity contribution in [2.24, 2.45) is 0 Å². The molecule has 0 amide bonds. The lowest BCUT2D eigenvalue weighted by atomic mass is 9.63. The van der Waals surface area contributed by atoms with Gasteiger partial charge in [0, 0.05) is 45.9 Å². The highest BCUT2D eigenvalue weighted by Gasteiger charge is 2.38. The van der Waals surface area contributed by atoms with E-state index in [1.165, 1.54) is 50.1 Å². The van der Waals surface area contributed by atoms with Crippen LogP contribution in [0.3, 0.4) is 0 Å². The van der Waals surface area contributed by atoms with Gasteiger partial charge in [0.25, 0.3) is 0 Å². The number of rotatable bonds is 8. The summed E-state index contributed by atoms with van der Waals surface area (Å²) in [6.07, 6.45) is 4.05. The van der Waals surface area contributed by atoms with Gasteiger partial charge in [0.1, 0.15) is 24.0 Å². The second-order valence-corrected chi connectivity index (χ2v) is 26.6. The Balaban J connectivity index is 0.988. The van der Waals surface area contributed by atoms with E-state index < -0.39 is 0 Å². The maximum atomic E-state index is 9.17. The van der Waals surface area contributed by atoms with Crippen LogP contribution >= 0.6 is 0 Å². The van der Waals surface area contributed by atoms with E-state index in [4.69, 9.17) is 13.8 Å². The van der Waals surface area contributed by atoms with Crippen molar-refractivity contribution < 1.29 is 10.2 Å². The molecule has 398 valence electrons. The molecule has 1 aliphatic carbocycles. The van der Waals surface area contributed by atoms with Gasteiger partial charge in [-0.2, -0.15) is 0 Å². The number of para-hydroxylation sites is 3. The van der Waals surface area contributed by atoms with Crippen LogP contribution in [-0.4, -0.2) is 16.2 Å². The predicted molar refractivity (Wildman–Crippen MR) is 335 cm³/mol. The van der Waals surface area contributed by atoms with Crippen molar-refractivity contribution in [2.75, 3.05) is 16.5 Å². The number of nitrogens with zero attached hydrogens (tertiary/aromatic N) is 4. The lowest BCUT2D eigenvalue weighted by molar-refractivity contribution is 0.332. The molecule has 0 saturated carbocycles. The normalized spacial score (nSPS) is 15.9. The first-order valence-electron chi connectivity index (χ1n) is 30.2. The fraction of sp³-hybridized carbons (Fsp3) is 0.284. The zero-order chi connectivity index (χ0) is 58.9. The average molecular weight is 1040 g/mol. The molecule has 0 saturated heterocycles. The van der Waals surface area contributed by atoms with Crippen LogP contribution in [-0.2, 0) is 27.1 Å². The highest BCUT2D eigenvalue weighted by molar-refractivity contribution is 6.09. The lowest BCUT2D eigenvalue weighted by Gasteiger charge is -2.42. The Labute approximate surface area is 475 Å². The number of ether oxygens (including phenoxy) is 1. The van der Waals surface area contributed by atoms with E-state index in [1.807, 2.05) is 47.0 Å². The fourth-order valence-corrected chi connectivity index (χ4v) is 12.0. The van der Waals surface area contributed by atoms with Gasteiger partial charge in [-0.15, -0.1) is 0 Å². The van der Waals surface area contributed by atoms with Crippen molar-refractivity contribution >= 4 is 44.6 Å². The first-order chi connectivity index (χ1) is 39.2. The van der Waals surface area contributed by atoms with Crippen LogP contribution in [0.4, 0.5) is 22.7 Å². The lowest BCUT2D eigenvalue weighted by Crippen LogP contribution is -2.33. The molecule has 0 N–H and O–H groups in total. The maximum Gasteiger partial charge on any atom is 0.137 e. The van der Waals surface area contributed by atoms with Crippen molar-refractivity contribution in [3.8, 4) is 50.7 Å². The Morgan fingerprint density at radius 2 is 1.10 bits per heavy atom. The molecule has 12 rings (SSSR count). The summed E-state index contributed by atoms with van der Waals surface area (Å²) in [6.45, 7) is 30.4. The molecule has 1 aliphatic heterocycles. The van der Waals surface area contributed by atoms with Crippen LogP contribution in [0.5, 0.6) is 11.5 Å². The number of benzene rings is 8. The SMILES string of the molecule is [2H]c1c([2H])c([2H])c2c(c1[2H])c1ccc(Oc3cccc(N4CN(c5c(-c6ccc(-c7cccc(C(C)(C)C)c7)cc6)cc(C(C)(C)C)cc5-c5ccc6c(c5)C(C)(C)CCC6(C)C)c5ccccc54)c3)cc1n2-c1cc(C(C)(C)C)ccn1. The summed E-state index contributed by atoms with van der Waals surface area (Å²) in [5, 5.41) is 1.13. The van der Waals surface area contributed by atoms with Crippen LogP contribution < -0.4 is 14.5 Å². The first-order valence-corrected chi connectivity index (χ1v) is 28.2. The van der Waals surface area contributed by atoms with Gasteiger partial charge in [0.15, 0.2) is 0 Å². The Kier molecular flexibility index (Phi) is 11.3. The molecule has 2 aromatic heterocycles. The van der Waals surface area contributed by atoms with Crippen LogP contribution in [0.2, 0.25) is 0 Å². The van der Waals surface area contributed by atoms with Gasteiger partial charge < -0.3 is 14.5 Å². The summed E-state index contributed by atoms with van der Waals surface area (Å²) >= 11 is 0. The number of anilines is 4. The Morgan fingerprint density at radius 1 is 0.481 bits per heavy atom. The van der Waals surface area contributed by atoms with E-state index in [1.54, 1.807) is 6.20 Å². The molecule has 0 bridgehead atoms. The fourth-order valence-electron chi connectivity index (χ4n) is 12.0. The summed E-state index contributed by atoms with van der Waals surface area (Å²) in [5.41, 5.74) is 18.8. The summed E-state index contributed by atoms with van der Waals surface area (Å²) in [5.74, 6) is 1.76. The average Bonchev–Trinajstić information content (AvgIpc) is 2.88. The quantitative estimate of drug-likeness (QED) is 0.152. The molecule has 8 aromatic carbocycles. The highest BCUT2D eigenvalue weighted by Crippen LogP contribution is 2.54. The number of hydrogen-bond acceptors (Lipinski definition) is 4. The molecule has 5 nitrogen and oxygen atoms in total. The van der Waals surface area contributed by atoms with Gasteiger partial charge in [-0.3, -0.25) is 4.57 Å². The molecule has 3 heterocycles. The minimum Gasteiger partial charge on any atom is -0.457 e. The third-order valence-corrected chi connectivity index (χ3v) is 17.0. The van der Waals surface area contributed by atoms with Crippen LogP contribution in [0.25, 0.3) is 61.0 Å². The third-order valence-electron chi connectivity index (χ3n) is 17.0. The summed E-state index contributed by atoms with van der Waals surface area (Å²) in [4.78, 5) is 9.71. The van der Waals surface area contributed by atoms with Crippen LogP contribution in [0, 0.1) is 0 Å². The summed E-state index contributed by atoms with van der Waals surface area (Å²) in [6, 6.07) is 56.4. The summed E-state index contributed by atoms with van der Waals surface area (Å²) in [7, 11) is 0. The molecular weight excluding hydrogens is 961 g/mol. The van der Waals surface area contributed by atoms with E-state index in [0.717, 1.165) is 46.7 Å². The van der Waals surface area contributed by atoms with Crippen LogP contribution in [0.15, 0.2) is 188 Å². The second-order valence-electron chi connectivity index (χ2n) is 26.6. The molecule has 79 heavy (non-hydrogen) atoms. The molecule has 0 fully saturated rings. The smallest absolute Gasteiger partial charge is 0.137 e. The minimum atomic E-state index is -0.290. The van der Waals surface area contributed by atoms with Gasteiger partial charge in [-0.05, 0) is 157 Å². The van der Waals surface area contributed by atoms with Crippen molar-refractivity contribution in [3.05, 3.63) is 216 Å². The van der Waals surface area contributed by atoms with E-state index in [2.05, 4.69) is 215 Å². The van der Waals surface area contributed by atoms with Crippen molar-refractivity contribution in [3.63, 3.8) is 0 Å². The van der Waals surface area contributed by atoms with Gasteiger partial charge in [-0.1, -0.05) is 193 Å². The monoisotopic (exact) mass is 1040 g/mol. The molecule has 10 aromatic rings. The Hall–Kier alpha value is -7.89. The molecule has 2 aliphatic rings. The van der Waals surface area contributed by atoms with Crippen molar-refractivity contribution in [2.45, 2.75) is 130 Å². The van der Waals surface area contributed by atoms with Crippen molar-refractivity contribution in [1.82, 2.24) is 9.55 Å². The zero-order valence-corrected chi connectivity index (χ0v) is 48.4. The first kappa shape index (κ1) is 47.1. The Bertz CT molecular complexity index is 4230. The second kappa shape index (κ2) is 18.9. The maximum absolute atomic E-state index is 9.17. The molecule has 5 heteroatoms. The minimum absolute atomic E-state index is 0.0185. The third kappa shape index (κ3) is 9.49. The predicted octanol–water partition coefficient (Wildman–Crippen LogP) is 20.5. The largest absolute Gasteiger partial charge is 0.457 e. The number of fused-ring (bicyclic) bond motifs is 5. The molecule has 0 unspecified atom stereocenters. The standard InChI is InChI=1S/C74H76N4O/c1-70(2,3)52-21-18-20-50(40-52)48-28-30-49(31-29-48)60-42-54(72(7,8)9)43-61(51-32-35-62-63(41-51)74(12,13)38-37-73(62,10)11)69(60)77-47-76(65-26-16-17-27-66(65)77)55-22-19-23-56(45-55)79-57-33-34-59-58-24-14-15-25-64(58)78(67(59)46-57)68-44-53(36-39-75-68)71(4,5)6/h14-36,39-46H,37-38,47H2,1-13H3/i14D,15D,24D,25D. The van der Waals surface area contributed by atoms with Crippen molar-refractivity contribution in [1.29, 1.82) is 0 Å². The van der Waals surface area contributed by atoms with Crippen LogP contribution in [0.1, 0.15) is 136 Å². The van der Waals surface area contributed by atoms with Gasteiger partial charge >= 0.3 is 0 Å². The van der Waals surface area contributed by atoms with E-state index in [0.29, 0.717) is 45.8 Å². The summed E-state index contributed by atoms with van der Waals surface area (Å²) < 4.78 is 44.3. The van der Waals surface area contributed by atoms with E-state index in [9.17, 15) is 1.37 Å². The molecular formula is C74H76N4O. The van der Waals surface area contributed by atoms with E-state index in [-0.39, 0.29) is 51.2 Å². The molecule has 0 radical (unpaired) electrons. The van der Waals surface area contributed by atoms with E-state index >= 15 is 0 Å². The number of aromatic nitrogens is 2. The van der Waals surface area contributed by atoms with Gasteiger partial charge in [0.05, 0.1) is 33.6 Å². The Morgan fingerprint density at radius 3 is 1.82 bits per heavy atom. The topological polar surface area (TPSA) is 33.5 Å². The highest BCUT2D eigenvalue weighted by atomic mass is 16.5. The van der Waals surface area contributed by atoms with Gasteiger partial charge in [-0.25, -0.2) is 4.98 Å². The number of hydrogen-bond donors (Lipinski definition) is 0. The zero-order valence-electron chi connectivity index (χ0n) is 52.4. The molecule has 0 spiro atoms. The number of pyridine rings is 1. The van der Waals surface area contributed by atoms with Gasteiger partial charge in [0.2, 0.25) is 0 Å². The molecule has 0 atom stereocenters.